The third-order valence-electron chi connectivity index (χ3n) is 8.59. The summed E-state index contributed by atoms with van der Waals surface area (Å²) in [6, 6.07) is 30.1. The SMILES string of the molecule is COC(=O)[C@H](C(C)C)N(C)C(=O)[C@H]1CCN(C(=O)[C@@H]2CN2C(c2ccccc2)(c2ccccc2)c2ccccc2)C1. The van der Waals surface area contributed by atoms with E-state index >= 15 is 0 Å². The normalized spacial score (nSPS) is 20.9. The number of ether oxygens (including phenoxy) is 1. The van der Waals surface area contributed by atoms with Crippen LogP contribution in [0.2, 0.25) is 0 Å². The summed E-state index contributed by atoms with van der Waals surface area (Å²) >= 11 is 0. The van der Waals surface area contributed by atoms with E-state index in [2.05, 4.69) is 41.3 Å². The lowest BCUT2D eigenvalue weighted by Gasteiger charge is -2.38. The molecule has 5 rings (SSSR count). The minimum absolute atomic E-state index is 0.0449. The van der Waals surface area contributed by atoms with E-state index in [1.807, 2.05) is 73.3 Å². The van der Waals surface area contributed by atoms with Gasteiger partial charge in [0.2, 0.25) is 11.8 Å². The summed E-state index contributed by atoms with van der Waals surface area (Å²) in [4.78, 5) is 45.4. The molecule has 214 valence electrons. The van der Waals surface area contributed by atoms with E-state index in [4.69, 9.17) is 4.74 Å². The zero-order valence-electron chi connectivity index (χ0n) is 24.3. The van der Waals surface area contributed by atoms with E-state index < -0.39 is 17.6 Å². The molecule has 0 N–H and O–H groups in total. The molecular formula is C34H39N3O4. The Hall–Kier alpha value is -3.97. The Morgan fingerprint density at radius 2 is 1.32 bits per heavy atom. The predicted molar refractivity (Wildman–Crippen MR) is 158 cm³/mol. The van der Waals surface area contributed by atoms with Crippen molar-refractivity contribution in [2.24, 2.45) is 11.8 Å². The molecular weight excluding hydrogens is 514 g/mol. The molecule has 2 aliphatic heterocycles. The molecule has 2 heterocycles. The van der Waals surface area contributed by atoms with Crippen LogP contribution < -0.4 is 0 Å². The lowest BCUT2D eigenvalue weighted by molar-refractivity contribution is -0.155. The number of hydrogen-bond acceptors (Lipinski definition) is 5. The van der Waals surface area contributed by atoms with E-state index in [-0.39, 0.29) is 29.7 Å². The molecule has 2 fully saturated rings. The van der Waals surface area contributed by atoms with E-state index in [9.17, 15) is 14.4 Å². The standard InChI is InChI=1S/C34H39N3O4/c1-24(2)30(33(40)41-4)35(3)31(38)25-20-21-36(22-25)32(39)29-23-37(29)34(26-14-8-5-9-15-26,27-16-10-6-11-17-27)28-18-12-7-13-19-28/h5-19,24-25,29-30H,20-23H2,1-4H3/t25-,29-,30-,37?/m0/s1. The van der Waals surface area contributed by atoms with Gasteiger partial charge in [-0.25, -0.2) is 4.79 Å². The molecule has 0 aliphatic carbocycles. The van der Waals surface area contributed by atoms with Crippen LogP contribution in [0.3, 0.4) is 0 Å². The summed E-state index contributed by atoms with van der Waals surface area (Å²) in [7, 11) is 3.00. The average molecular weight is 554 g/mol. The van der Waals surface area contributed by atoms with Crippen molar-refractivity contribution >= 4 is 17.8 Å². The first-order chi connectivity index (χ1) is 19.8. The van der Waals surface area contributed by atoms with Crippen molar-refractivity contribution in [1.82, 2.24) is 14.7 Å². The Bertz CT molecular complexity index is 1270. The molecule has 7 heteroatoms. The van der Waals surface area contributed by atoms with Crippen molar-refractivity contribution in [1.29, 1.82) is 0 Å². The van der Waals surface area contributed by atoms with Crippen LogP contribution in [-0.4, -0.2) is 78.4 Å². The van der Waals surface area contributed by atoms with Crippen LogP contribution in [0.5, 0.6) is 0 Å². The van der Waals surface area contributed by atoms with Crippen molar-refractivity contribution in [3.05, 3.63) is 108 Å². The fourth-order valence-electron chi connectivity index (χ4n) is 6.55. The van der Waals surface area contributed by atoms with E-state index in [1.165, 1.54) is 12.0 Å². The number of esters is 1. The first-order valence-electron chi connectivity index (χ1n) is 14.4. The largest absolute Gasteiger partial charge is 0.467 e. The molecule has 0 bridgehead atoms. The maximum absolute atomic E-state index is 14.0. The van der Waals surface area contributed by atoms with Crippen molar-refractivity contribution < 1.29 is 19.1 Å². The molecule has 4 atom stereocenters. The molecule has 2 amide bonds. The van der Waals surface area contributed by atoms with Gasteiger partial charge in [0.25, 0.3) is 0 Å². The van der Waals surface area contributed by atoms with Gasteiger partial charge in [-0.3, -0.25) is 14.5 Å². The first kappa shape index (κ1) is 28.6. The molecule has 1 unspecified atom stereocenters. The highest BCUT2D eigenvalue weighted by molar-refractivity contribution is 5.89. The van der Waals surface area contributed by atoms with Gasteiger partial charge in [0.15, 0.2) is 0 Å². The Balaban J connectivity index is 1.40. The van der Waals surface area contributed by atoms with Crippen LogP contribution in [0.25, 0.3) is 0 Å². The Kier molecular flexibility index (Phi) is 8.27. The summed E-state index contributed by atoms with van der Waals surface area (Å²) < 4.78 is 4.96. The van der Waals surface area contributed by atoms with Gasteiger partial charge in [-0.15, -0.1) is 0 Å². The Morgan fingerprint density at radius 1 is 0.829 bits per heavy atom. The van der Waals surface area contributed by atoms with Crippen LogP contribution in [-0.2, 0) is 24.7 Å². The second-order valence-corrected chi connectivity index (χ2v) is 11.4. The number of likely N-dealkylation sites (N-methyl/N-ethyl adjacent to an activating group) is 1. The number of rotatable bonds is 9. The number of hydrogen-bond donors (Lipinski definition) is 0. The van der Waals surface area contributed by atoms with Gasteiger partial charge in [0.05, 0.1) is 18.6 Å². The Labute approximate surface area is 242 Å². The predicted octanol–water partition coefficient (Wildman–Crippen LogP) is 4.17. The number of carbonyl (C=O) groups is 3. The molecule has 0 radical (unpaired) electrons. The van der Waals surface area contributed by atoms with Crippen LogP contribution in [0.15, 0.2) is 91.0 Å². The highest BCUT2D eigenvalue weighted by Gasteiger charge is 2.57. The number of nitrogens with zero attached hydrogens (tertiary/aromatic N) is 3. The van der Waals surface area contributed by atoms with Crippen molar-refractivity contribution in [2.75, 3.05) is 33.8 Å². The number of methoxy groups -OCH3 is 1. The molecule has 41 heavy (non-hydrogen) atoms. The molecule has 2 saturated heterocycles. The van der Waals surface area contributed by atoms with Gasteiger partial charge in [-0.05, 0) is 29.0 Å². The average Bonchev–Trinajstić information content (AvgIpc) is 3.64. The highest BCUT2D eigenvalue weighted by Crippen LogP contribution is 2.48. The maximum atomic E-state index is 14.0. The fraction of sp³-hybridized carbons (Fsp3) is 0.382. The summed E-state index contributed by atoms with van der Waals surface area (Å²) in [5.74, 6) is -0.927. The lowest BCUT2D eigenvalue weighted by atomic mass is 9.76. The summed E-state index contributed by atoms with van der Waals surface area (Å²) in [5.41, 5.74) is 2.67. The van der Waals surface area contributed by atoms with Crippen LogP contribution in [0.1, 0.15) is 37.0 Å². The van der Waals surface area contributed by atoms with Gasteiger partial charge >= 0.3 is 5.97 Å². The highest BCUT2D eigenvalue weighted by atomic mass is 16.5. The van der Waals surface area contributed by atoms with Crippen molar-refractivity contribution in [2.45, 2.75) is 37.9 Å². The van der Waals surface area contributed by atoms with E-state index in [1.54, 1.807) is 7.05 Å². The Morgan fingerprint density at radius 3 is 1.76 bits per heavy atom. The number of carbonyl (C=O) groups excluding carboxylic acids is 3. The van der Waals surface area contributed by atoms with Gasteiger partial charge in [-0.2, -0.15) is 0 Å². The topological polar surface area (TPSA) is 69.9 Å². The molecule has 3 aromatic carbocycles. The van der Waals surface area contributed by atoms with E-state index in [0.717, 1.165) is 16.7 Å². The molecule has 0 saturated carbocycles. The quantitative estimate of drug-likeness (QED) is 0.226. The number of amides is 2. The van der Waals surface area contributed by atoms with Crippen LogP contribution in [0.4, 0.5) is 0 Å². The van der Waals surface area contributed by atoms with Crippen molar-refractivity contribution in [3.8, 4) is 0 Å². The number of likely N-dealkylation sites (tertiary alicyclic amines) is 1. The molecule has 0 spiro atoms. The van der Waals surface area contributed by atoms with Crippen molar-refractivity contribution in [3.63, 3.8) is 0 Å². The second kappa shape index (κ2) is 11.9. The molecule has 7 nitrogen and oxygen atoms in total. The van der Waals surface area contributed by atoms with Gasteiger partial charge < -0.3 is 14.5 Å². The number of benzene rings is 3. The third kappa shape index (κ3) is 5.26. The molecule has 2 aliphatic rings. The second-order valence-electron chi connectivity index (χ2n) is 11.4. The van der Waals surface area contributed by atoms with Gasteiger partial charge in [0, 0.05) is 26.7 Å². The van der Waals surface area contributed by atoms with Gasteiger partial charge in [0.1, 0.15) is 12.1 Å². The van der Waals surface area contributed by atoms with E-state index in [0.29, 0.717) is 26.1 Å². The molecule has 3 aromatic rings. The fourth-order valence-corrected chi connectivity index (χ4v) is 6.55. The first-order valence-corrected chi connectivity index (χ1v) is 14.4. The van der Waals surface area contributed by atoms with Gasteiger partial charge in [-0.1, -0.05) is 105 Å². The zero-order chi connectivity index (χ0) is 29.1. The minimum Gasteiger partial charge on any atom is -0.467 e. The van der Waals surface area contributed by atoms with Crippen LogP contribution in [0, 0.1) is 11.8 Å². The zero-order valence-corrected chi connectivity index (χ0v) is 24.3. The minimum atomic E-state index is -0.653. The summed E-state index contributed by atoms with van der Waals surface area (Å²) in [6.45, 7) is 5.29. The lowest BCUT2D eigenvalue weighted by Crippen LogP contribution is -2.49. The summed E-state index contributed by atoms with van der Waals surface area (Å²) in [5, 5.41) is 0. The summed E-state index contributed by atoms with van der Waals surface area (Å²) in [6.07, 6.45) is 0.578. The molecule has 0 aromatic heterocycles. The monoisotopic (exact) mass is 553 g/mol. The maximum Gasteiger partial charge on any atom is 0.328 e. The van der Waals surface area contributed by atoms with Crippen LogP contribution >= 0.6 is 0 Å². The smallest absolute Gasteiger partial charge is 0.328 e. The third-order valence-corrected chi connectivity index (χ3v) is 8.59.